The average molecular weight is 277 g/mol. The molecule has 0 saturated carbocycles. The van der Waals surface area contributed by atoms with Gasteiger partial charge in [0.2, 0.25) is 5.91 Å². The summed E-state index contributed by atoms with van der Waals surface area (Å²) in [5.74, 6) is -0.898. The van der Waals surface area contributed by atoms with Crippen LogP contribution in [0.25, 0.3) is 0 Å². The predicted molar refractivity (Wildman–Crippen MR) is 73.3 cm³/mol. The zero-order valence-corrected chi connectivity index (χ0v) is 11.5. The minimum Gasteiger partial charge on any atom is -0.480 e. The van der Waals surface area contributed by atoms with E-state index in [1.807, 2.05) is 37.3 Å². The van der Waals surface area contributed by atoms with E-state index in [1.54, 1.807) is 4.90 Å². The van der Waals surface area contributed by atoms with E-state index in [-0.39, 0.29) is 12.5 Å². The Balaban J connectivity index is 1.72. The number of nitrogens with zero attached hydrogens (tertiary/aromatic N) is 1. The number of carboxylic acids is 1. The number of carboxylic acid groups (broad SMARTS) is 1. The molecular formula is C15H19NO4. The molecular weight excluding hydrogens is 258 g/mol. The Hall–Kier alpha value is -1.88. The normalized spacial score (nSPS) is 16.6. The maximum absolute atomic E-state index is 12.0. The summed E-state index contributed by atoms with van der Waals surface area (Å²) < 4.78 is 5.28. The molecule has 1 N–H and O–H groups in total. The zero-order chi connectivity index (χ0) is 14.6. The average Bonchev–Trinajstić information content (AvgIpc) is 2.40. The smallest absolute Gasteiger partial charge is 0.329 e. The molecule has 0 radical (unpaired) electrons. The van der Waals surface area contributed by atoms with Gasteiger partial charge in [-0.1, -0.05) is 30.3 Å². The number of likely N-dealkylation sites (tertiary alicyclic amines) is 1. The van der Waals surface area contributed by atoms with Crippen molar-refractivity contribution in [2.24, 2.45) is 0 Å². The number of hydrogen-bond donors (Lipinski definition) is 1. The highest BCUT2D eigenvalue weighted by Crippen LogP contribution is 2.25. The van der Waals surface area contributed by atoms with Crippen molar-refractivity contribution in [3.8, 4) is 0 Å². The van der Waals surface area contributed by atoms with Gasteiger partial charge in [-0.15, -0.1) is 0 Å². The minimum absolute atomic E-state index is 0.0882. The van der Waals surface area contributed by atoms with E-state index in [0.717, 1.165) is 12.0 Å². The van der Waals surface area contributed by atoms with E-state index in [9.17, 15) is 9.59 Å². The SMILES string of the molecule is CC1(OCC(=O)O)CN(C(=O)CCc2ccccc2)C1. The highest BCUT2D eigenvalue weighted by molar-refractivity contribution is 5.77. The molecule has 0 aliphatic carbocycles. The second kappa shape index (κ2) is 6.05. The molecule has 0 aromatic heterocycles. The Kier molecular flexibility index (Phi) is 4.39. The van der Waals surface area contributed by atoms with E-state index in [1.165, 1.54) is 0 Å². The van der Waals surface area contributed by atoms with Gasteiger partial charge in [-0.25, -0.2) is 4.79 Å². The summed E-state index contributed by atoms with van der Waals surface area (Å²) in [4.78, 5) is 24.1. The number of rotatable bonds is 6. The first kappa shape index (κ1) is 14.5. The Morgan fingerprint density at radius 3 is 2.55 bits per heavy atom. The van der Waals surface area contributed by atoms with E-state index in [2.05, 4.69) is 0 Å². The number of ether oxygens (including phenoxy) is 1. The van der Waals surface area contributed by atoms with E-state index >= 15 is 0 Å². The number of aliphatic carboxylic acids is 1. The molecule has 1 aliphatic rings. The van der Waals surface area contributed by atoms with Crippen LogP contribution < -0.4 is 0 Å². The van der Waals surface area contributed by atoms with Gasteiger partial charge in [0.15, 0.2) is 0 Å². The van der Waals surface area contributed by atoms with Crippen LogP contribution >= 0.6 is 0 Å². The topological polar surface area (TPSA) is 66.8 Å². The fraction of sp³-hybridized carbons (Fsp3) is 0.467. The zero-order valence-electron chi connectivity index (χ0n) is 11.5. The number of amides is 1. The van der Waals surface area contributed by atoms with Gasteiger partial charge in [-0.05, 0) is 18.9 Å². The fourth-order valence-corrected chi connectivity index (χ4v) is 2.32. The summed E-state index contributed by atoms with van der Waals surface area (Å²) >= 11 is 0. The molecule has 1 aromatic rings. The molecule has 108 valence electrons. The van der Waals surface area contributed by atoms with Crippen LogP contribution in [0.3, 0.4) is 0 Å². The van der Waals surface area contributed by atoms with Crippen molar-refractivity contribution in [2.75, 3.05) is 19.7 Å². The lowest BCUT2D eigenvalue weighted by Crippen LogP contribution is -2.63. The van der Waals surface area contributed by atoms with Gasteiger partial charge < -0.3 is 14.7 Å². The number of carbonyl (C=O) groups is 2. The van der Waals surface area contributed by atoms with Gasteiger partial charge >= 0.3 is 5.97 Å². The third-order valence-electron chi connectivity index (χ3n) is 3.42. The van der Waals surface area contributed by atoms with Crippen LogP contribution in [0.1, 0.15) is 18.9 Å². The first-order chi connectivity index (χ1) is 9.48. The van der Waals surface area contributed by atoms with Gasteiger partial charge in [-0.2, -0.15) is 0 Å². The highest BCUT2D eigenvalue weighted by Gasteiger charge is 2.42. The lowest BCUT2D eigenvalue weighted by Gasteiger charge is -2.47. The largest absolute Gasteiger partial charge is 0.480 e. The summed E-state index contributed by atoms with van der Waals surface area (Å²) in [5, 5.41) is 8.58. The van der Waals surface area contributed by atoms with Crippen molar-refractivity contribution in [1.29, 1.82) is 0 Å². The molecule has 0 bridgehead atoms. The molecule has 5 heteroatoms. The number of hydrogen-bond acceptors (Lipinski definition) is 3. The monoisotopic (exact) mass is 277 g/mol. The van der Waals surface area contributed by atoms with Crippen molar-refractivity contribution in [1.82, 2.24) is 4.90 Å². The Morgan fingerprint density at radius 1 is 1.30 bits per heavy atom. The summed E-state index contributed by atoms with van der Waals surface area (Å²) in [6, 6.07) is 9.87. The third kappa shape index (κ3) is 3.81. The van der Waals surface area contributed by atoms with Crippen LogP contribution in [-0.2, 0) is 20.7 Å². The van der Waals surface area contributed by atoms with Crippen LogP contribution in [0.2, 0.25) is 0 Å². The van der Waals surface area contributed by atoms with Crippen molar-refractivity contribution in [3.05, 3.63) is 35.9 Å². The van der Waals surface area contributed by atoms with Crippen molar-refractivity contribution in [2.45, 2.75) is 25.4 Å². The quantitative estimate of drug-likeness (QED) is 0.851. The maximum Gasteiger partial charge on any atom is 0.329 e. The molecule has 2 rings (SSSR count). The van der Waals surface area contributed by atoms with Crippen LogP contribution in [0.5, 0.6) is 0 Å². The highest BCUT2D eigenvalue weighted by atomic mass is 16.5. The molecule has 1 aromatic carbocycles. The van der Waals surface area contributed by atoms with Crippen LogP contribution in [0.15, 0.2) is 30.3 Å². The summed E-state index contributed by atoms with van der Waals surface area (Å²) in [6.45, 7) is 2.45. The predicted octanol–water partition coefficient (Wildman–Crippen LogP) is 1.32. The number of aryl methyl sites for hydroxylation is 1. The molecule has 0 spiro atoms. The molecule has 0 atom stereocenters. The molecule has 5 nitrogen and oxygen atoms in total. The van der Waals surface area contributed by atoms with Crippen LogP contribution in [0, 0.1) is 0 Å². The molecule has 0 unspecified atom stereocenters. The van der Waals surface area contributed by atoms with Gasteiger partial charge in [0.25, 0.3) is 0 Å². The molecule has 1 fully saturated rings. The van der Waals surface area contributed by atoms with Crippen LogP contribution in [-0.4, -0.2) is 47.2 Å². The number of benzene rings is 1. The van der Waals surface area contributed by atoms with Gasteiger partial charge in [-0.3, -0.25) is 4.79 Å². The summed E-state index contributed by atoms with van der Waals surface area (Å²) in [5.41, 5.74) is 0.632. The Labute approximate surface area is 118 Å². The third-order valence-corrected chi connectivity index (χ3v) is 3.42. The molecule has 1 aliphatic heterocycles. The maximum atomic E-state index is 12.0. The lowest BCUT2D eigenvalue weighted by atomic mass is 9.95. The fourth-order valence-electron chi connectivity index (χ4n) is 2.32. The van der Waals surface area contributed by atoms with Crippen LogP contribution in [0.4, 0.5) is 0 Å². The van der Waals surface area contributed by atoms with E-state index in [4.69, 9.17) is 9.84 Å². The molecule has 1 heterocycles. The molecule has 1 saturated heterocycles. The second-order valence-electron chi connectivity index (χ2n) is 5.37. The van der Waals surface area contributed by atoms with E-state index in [0.29, 0.717) is 19.5 Å². The molecule has 20 heavy (non-hydrogen) atoms. The van der Waals surface area contributed by atoms with E-state index < -0.39 is 11.6 Å². The second-order valence-corrected chi connectivity index (χ2v) is 5.37. The van der Waals surface area contributed by atoms with Crippen molar-refractivity contribution >= 4 is 11.9 Å². The molecule has 1 amide bonds. The van der Waals surface area contributed by atoms with Gasteiger partial charge in [0.05, 0.1) is 13.1 Å². The first-order valence-corrected chi connectivity index (χ1v) is 6.66. The van der Waals surface area contributed by atoms with Crippen molar-refractivity contribution in [3.63, 3.8) is 0 Å². The summed E-state index contributed by atoms with van der Waals surface area (Å²) in [6.07, 6.45) is 1.20. The Bertz CT molecular complexity index is 480. The minimum atomic E-state index is -0.986. The van der Waals surface area contributed by atoms with Gasteiger partial charge in [0, 0.05) is 6.42 Å². The number of carbonyl (C=O) groups excluding carboxylic acids is 1. The summed E-state index contributed by atoms with van der Waals surface area (Å²) in [7, 11) is 0. The lowest BCUT2D eigenvalue weighted by molar-refractivity contribution is -0.173. The standard InChI is InChI=1S/C15H19NO4/c1-15(20-9-14(18)19)10-16(11-15)13(17)8-7-12-5-3-2-4-6-12/h2-6H,7-11H2,1H3,(H,18,19). The first-order valence-electron chi connectivity index (χ1n) is 6.66. The van der Waals surface area contributed by atoms with Crippen molar-refractivity contribution < 1.29 is 19.4 Å². The Morgan fingerprint density at radius 2 is 1.95 bits per heavy atom. The van der Waals surface area contributed by atoms with Gasteiger partial charge in [0.1, 0.15) is 12.2 Å².